The molecule has 0 bridgehead atoms. The highest BCUT2D eigenvalue weighted by Crippen LogP contribution is 2.16. The van der Waals surface area contributed by atoms with Crippen LogP contribution in [0.25, 0.3) is 0 Å². The van der Waals surface area contributed by atoms with Gasteiger partial charge in [-0.15, -0.1) is 0 Å². The molecule has 2 rings (SSSR count). The maximum atomic E-state index is 13.6. The number of carbonyl (C=O) groups excluding carboxylic acids is 1. The van der Waals surface area contributed by atoms with E-state index in [1.54, 1.807) is 19.1 Å². The second kappa shape index (κ2) is 6.62. The number of benzene rings is 1. The summed E-state index contributed by atoms with van der Waals surface area (Å²) in [5.74, 6) is -0.512. The van der Waals surface area contributed by atoms with Crippen molar-refractivity contribution >= 4 is 21.7 Å². The standard InChI is InChI=1S/C14H20FN3O3S/c1-10-5-6-12(15)13(8-10)17-14(19)16-11-4-3-7-18(9-11)22(2,20)21/h5-6,8,11H,3-4,7,9H2,1-2H3,(H2,16,17,19)/t11-/m1/s1. The highest BCUT2D eigenvalue weighted by atomic mass is 32.2. The van der Waals surface area contributed by atoms with Crippen molar-refractivity contribution in [2.75, 3.05) is 24.7 Å². The molecule has 0 radical (unpaired) electrons. The summed E-state index contributed by atoms with van der Waals surface area (Å²) < 4.78 is 38.0. The molecule has 0 saturated carbocycles. The molecule has 1 aliphatic rings. The van der Waals surface area contributed by atoms with E-state index in [1.807, 2.05) is 0 Å². The Morgan fingerprint density at radius 2 is 2.14 bits per heavy atom. The molecule has 0 aromatic heterocycles. The lowest BCUT2D eigenvalue weighted by Crippen LogP contribution is -2.50. The van der Waals surface area contributed by atoms with Gasteiger partial charge < -0.3 is 10.6 Å². The van der Waals surface area contributed by atoms with Crippen molar-refractivity contribution in [3.05, 3.63) is 29.6 Å². The number of nitrogens with one attached hydrogen (secondary N) is 2. The summed E-state index contributed by atoms with van der Waals surface area (Å²) >= 11 is 0. The zero-order valence-electron chi connectivity index (χ0n) is 12.6. The fourth-order valence-corrected chi connectivity index (χ4v) is 3.35. The molecule has 22 heavy (non-hydrogen) atoms. The molecule has 1 aliphatic heterocycles. The Morgan fingerprint density at radius 3 is 2.82 bits per heavy atom. The van der Waals surface area contributed by atoms with Crippen LogP contribution in [-0.2, 0) is 10.0 Å². The third-order valence-corrected chi connectivity index (χ3v) is 4.83. The number of urea groups is 1. The smallest absolute Gasteiger partial charge is 0.319 e. The van der Waals surface area contributed by atoms with Gasteiger partial charge in [-0.25, -0.2) is 21.9 Å². The normalized spacial score (nSPS) is 19.7. The van der Waals surface area contributed by atoms with Crippen LogP contribution in [0.1, 0.15) is 18.4 Å². The molecule has 1 atom stereocenters. The molecule has 1 fully saturated rings. The Labute approximate surface area is 129 Å². The zero-order chi connectivity index (χ0) is 16.3. The third-order valence-electron chi connectivity index (χ3n) is 3.56. The molecule has 1 aromatic carbocycles. The number of sulfonamides is 1. The topological polar surface area (TPSA) is 78.5 Å². The largest absolute Gasteiger partial charge is 0.334 e. The monoisotopic (exact) mass is 329 g/mol. The van der Waals surface area contributed by atoms with E-state index in [1.165, 1.54) is 10.4 Å². The van der Waals surface area contributed by atoms with Gasteiger partial charge in [0.05, 0.1) is 11.9 Å². The van der Waals surface area contributed by atoms with Crippen LogP contribution >= 0.6 is 0 Å². The Bertz CT molecular complexity index is 663. The quantitative estimate of drug-likeness (QED) is 0.885. The number of amides is 2. The number of hydrogen-bond donors (Lipinski definition) is 2. The van der Waals surface area contributed by atoms with Crippen molar-refractivity contribution in [1.82, 2.24) is 9.62 Å². The first-order valence-corrected chi connectivity index (χ1v) is 8.89. The summed E-state index contributed by atoms with van der Waals surface area (Å²) in [6, 6.07) is 3.63. The Kier molecular flexibility index (Phi) is 5.02. The van der Waals surface area contributed by atoms with Crippen LogP contribution < -0.4 is 10.6 Å². The van der Waals surface area contributed by atoms with E-state index in [-0.39, 0.29) is 18.3 Å². The van der Waals surface area contributed by atoms with Gasteiger partial charge in [0, 0.05) is 19.1 Å². The zero-order valence-corrected chi connectivity index (χ0v) is 13.4. The van der Waals surface area contributed by atoms with Crippen molar-refractivity contribution in [3.8, 4) is 0 Å². The number of anilines is 1. The number of hydrogen-bond acceptors (Lipinski definition) is 3. The fraction of sp³-hybridized carbons (Fsp3) is 0.500. The van der Waals surface area contributed by atoms with E-state index in [0.29, 0.717) is 19.4 Å². The second-order valence-electron chi connectivity index (χ2n) is 5.54. The molecule has 1 saturated heterocycles. The van der Waals surface area contributed by atoms with Gasteiger partial charge in [0.25, 0.3) is 0 Å². The number of piperidine rings is 1. The highest BCUT2D eigenvalue weighted by Gasteiger charge is 2.26. The Balaban J connectivity index is 1.96. The minimum Gasteiger partial charge on any atom is -0.334 e. The van der Waals surface area contributed by atoms with E-state index >= 15 is 0 Å². The van der Waals surface area contributed by atoms with Crippen LogP contribution in [0.3, 0.4) is 0 Å². The maximum absolute atomic E-state index is 13.6. The lowest BCUT2D eigenvalue weighted by atomic mass is 10.1. The number of halogens is 1. The van der Waals surface area contributed by atoms with Crippen molar-refractivity contribution in [2.45, 2.75) is 25.8 Å². The van der Waals surface area contributed by atoms with Gasteiger partial charge in [0.2, 0.25) is 10.0 Å². The summed E-state index contributed by atoms with van der Waals surface area (Å²) in [5, 5.41) is 5.15. The second-order valence-corrected chi connectivity index (χ2v) is 7.52. The molecule has 0 aliphatic carbocycles. The summed E-state index contributed by atoms with van der Waals surface area (Å²) in [6.45, 7) is 2.50. The molecule has 1 heterocycles. The van der Waals surface area contributed by atoms with Gasteiger partial charge >= 0.3 is 6.03 Å². The molecule has 2 N–H and O–H groups in total. The summed E-state index contributed by atoms with van der Waals surface area (Å²) in [4.78, 5) is 11.9. The first kappa shape index (κ1) is 16.7. The first-order valence-electron chi connectivity index (χ1n) is 7.04. The van der Waals surface area contributed by atoms with Crippen LogP contribution in [0.5, 0.6) is 0 Å². The molecular weight excluding hydrogens is 309 g/mol. The average molecular weight is 329 g/mol. The Hall–Kier alpha value is -1.67. The average Bonchev–Trinajstić information content (AvgIpc) is 2.42. The predicted octanol–water partition coefficient (Wildman–Crippen LogP) is 1.68. The van der Waals surface area contributed by atoms with Crippen molar-refractivity contribution in [3.63, 3.8) is 0 Å². The lowest BCUT2D eigenvalue weighted by molar-refractivity contribution is 0.236. The Morgan fingerprint density at radius 1 is 1.41 bits per heavy atom. The molecule has 1 aromatic rings. The van der Waals surface area contributed by atoms with Crippen LogP contribution in [0.4, 0.5) is 14.9 Å². The van der Waals surface area contributed by atoms with Gasteiger partial charge in [-0.1, -0.05) is 6.07 Å². The molecule has 2 amide bonds. The van der Waals surface area contributed by atoms with Crippen molar-refractivity contribution < 1.29 is 17.6 Å². The van der Waals surface area contributed by atoms with Gasteiger partial charge in [-0.3, -0.25) is 0 Å². The fourth-order valence-electron chi connectivity index (χ4n) is 2.44. The van der Waals surface area contributed by atoms with E-state index < -0.39 is 21.9 Å². The van der Waals surface area contributed by atoms with Crippen LogP contribution in [0, 0.1) is 12.7 Å². The van der Waals surface area contributed by atoms with E-state index in [9.17, 15) is 17.6 Å². The number of aryl methyl sites for hydroxylation is 1. The minimum atomic E-state index is -3.26. The van der Waals surface area contributed by atoms with Crippen LogP contribution in [0.2, 0.25) is 0 Å². The van der Waals surface area contributed by atoms with E-state index in [0.717, 1.165) is 11.8 Å². The molecule has 0 unspecified atom stereocenters. The SMILES string of the molecule is Cc1ccc(F)c(NC(=O)N[C@@H]2CCCN(S(C)(=O)=O)C2)c1. The minimum absolute atomic E-state index is 0.105. The third kappa shape index (κ3) is 4.41. The molecule has 122 valence electrons. The van der Waals surface area contributed by atoms with Crippen molar-refractivity contribution in [1.29, 1.82) is 0 Å². The van der Waals surface area contributed by atoms with E-state index in [4.69, 9.17) is 0 Å². The van der Waals surface area contributed by atoms with Gasteiger partial charge in [-0.05, 0) is 37.5 Å². The van der Waals surface area contributed by atoms with Crippen molar-refractivity contribution in [2.24, 2.45) is 0 Å². The summed E-state index contributed by atoms with van der Waals surface area (Å²) in [7, 11) is -3.26. The molecular formula is C14H20FN3O3S. The highest BCUT2D eigenvalue weighted by molar-refractivity contribution is 7.88. The molecule has 6 nitrogen and oxygen atoms in total. The maximum Gasteiger partial charge on any atom is 0.319 e. The van der Waals surface area contributed by atoms with Crippen LogP contribution in [0.15, 0.2) is 18.2 Å². The van der Waals surface area contributed by atoms with E-state index in [2.05, 4.69) is 10.6 Å². The molecule has 0 spiro atoms. The number of rotatable bonds is 3. The van der Waals surface area contributed by atoms with Crippen LogP contribution in [-0.4, -0.2) is 44.1 Å². The van der Waals surface area contributed by atoms with Gasteiger partial charge in [0.15, 0.2) is 0 Å². The lowest BCUT2D eigenvalue weighted by Gasteiger charge is -2.31. The predicted molar refractivity (Wildman–Crippen MR) is 82.7 cm³/mol. The number of carbonyl (C=O) groups is 1. The van der Waals surface area contributed by atoms with Gasteiger partial charge in [-0.2, -0.15) is 0 Å². The van der Waals surface area contributed by atoms with Gasteiger partial charge in [0.1, 0.15) is 5.82 Å². The first-order chi connectivity index (χ1) is 10.3. The molecule has 8 heteroatoms. The summed E-state index contributed by atoms with van der Waals surface area (Å²) in [5.41, 5.74) is 0.936. The summed E-state index contributed by atoms with van der Waals surface area (Å²) in [6.07, 6.45) is 2.52. The number of nitrogens with zero attached hydrogens (tertiary/aromatic N) is 1.